The normalized spacial score (nSPS) is 17.8. The van der Waals surface area contributed by atoms with Crippen LogP contribution in [0.4, 0.5) is 0 Å². The van der Waals surface area contributed by atoms with Gasteiger partial charge in [0.25, 0.3) is 5.91 Å². The molecule has 0 aliphatic carbocycles. The van der Waals surface area contributed by atoms with Gasteiger partial charge in [0.05, 0.1) is 18.0 Å². The molecule has 5 rings (SSSR count). The Kier molecular flexibility index (Phi) is 6.79. The van der Waals surface area contributed by atoms with Crippen LogP contribution in [0.1, 0.15) is 53.0 Å². The fraction of sp³-hybridized carbons (Fsp3) is 0.462. The molecule has 2 aliphatic rings. The Morgan fingerprint density at radius 1 is 1.11 bits per heavy atom. The number of likely N-dealkylation sites (tertiary alicyclic amines) is 1. The van der Waals surface area contributed by atoms with Gasteiger partial charge in [0.1, 0.15) is 5.69 Å². The van der Waals surface area contributed by atoms with Crippen LogP contribution >= 0.6 is 0 Å². The maximum absolute atomic E-state index is 12.7. The van der Waals surface area contributed by atoms with Crippen molar-refractivity contribution in [1.82, 2.24) is 29.7 Å². The highest BCUT2D eigenvalue weighted by Gasteiger charge is 2.24. The Labute approximate surface area is 204 Å². The zero-order valence-electron chi connectivity index (χ0n) is 20.1. The van der Waals surface area contributed by atoms with Crippen molar-refractivity contribution < 1.29 is 14.7 Å². The molecule has 35 heavy (non-hydrogen) atoms. The van der Waals surface area contributed by atoms with Gasteiger partial charge in [0, 0.05) is 52.1 Å². The third-order valence-corrected chi connectivity index (χ3v) is 7.11. The number of hydrogen-bond donors (Lipinski definition) is 2. The molecular weight excluding hydrogens is 444 g/mol. The molecule has 9 heteroatoms. The minimum atomic E-state index is -0.660. The highest BCUT2D eigenvalue weighted by atomic mass is 16.3. The van der Waals surface area contributed by atoms with E-state index >= 15 is 0 Å². The molecule has 4 heterocycles. The fourth-order valence-electron chi connectivity index (χ4n) is 5.09. The monoisotopic (exact) mass is 476 g/mol. The Morgan fingerprint density at radius 3 is 2.66 bits per heavy atom. The van der Waals surface area contributed by atoms with Gasteiger partial charge in [0.15, 0.2) is 5.65 Å². The summed E-state index contributed by atoms with van der Waals surface area (Å²) in [5, 5.41) is 18.0. The van der Waals surface area contributed by atoms with E-state index in [1.807, 2.05) is 23.1 Å². The average Bonchev–Trinajstić information content (AvgIpc) is 3.31. The van der Waals surface area contributed by atoms with Gasteiger partial charge in [-0.25, -0.2) is 9.50 Å². The zero-order chi connectivity index (χ0) is 24.4. The van der Waals surface area contributed by atoms with E-state index < -0.39 is 6.10 Å². The van der Waals surface area contributed by atoms with Crippen LogP contribution in [0.15, 0.2) is 42.6 Å². The number of nitrogens with one attached hydrogen (secondary N) is 1. The molecule has 3 aromatic rings. The largest absolute Gasteiger partial charge is 0.390 e. The van der Waals surface area contributed by atoms with Crippen LogP contribution in [0.5, 0.6) is 0 Å². The second-order valence-electron chi connectivity index (χ2n) is 9.59. The third kappa shape index (κ3) is 5.36. The minimum Gasteiger partial charge on any atom is -0.390 e. The Bertz CT molecular complexity index is 1220. The number of aromatic nitrogens is 3. The van der Waals surface area contributed by atoms with E-state index in [0.717, 1.165) is 51.1 Å². The summed E-state index contributed by atoms with van der Waals surface area (Å²) in [6, 6.07) is 12.2. The number of rotatable bonds is 6. The quantitative estimate of drug-likeness (QED) is 0.560. The number of β-amino-alcohol motifs (C(OH)–C–C–N with tert-alkyl or cyclic N) is 1. The van der Waals surface area contributed by atoms with Gasteiger partial charge >= 0.3 is 0 Å². The minimum absolute atomic E-state index is 0.114. The average molecular weight is 477 g/mol. The highest BCUT2D eigenvalue weighted by Crippen LogP contribution is 2.26. The molecule has 0 radical (unpaired) electrons. The molecule has 0 saturated carbocycles. The molecule has 0 spiro atoms. The Hall–Kier alpha value is -3.30. The van der Waals surface area contributed by atoms with Crippen molar-refractivity contribution >= 4 is 17.5 Å². The number of aliphatic hydroxyl groups is 1. The molecule has 1 saturated heterocycles. The van der Waals surface area contributed by atoms with E-state index in [1.54, 1.807) is 17.6 Å². The molecule has 2 amide bonds. The third-order valence-electron chi connectivity index (χ3n) is 7.11. The lowest BCUT2D eigenvalue weighted by Gasteiger charge is -2.30. The predicted octanol–water partition coefficient (Wildman–Crippen LogP) is 1.60. The van der Waals surface area contributed by atoms with E-state index in [4.69, 9.17) is 0 Å². The van der Waals surface area contributed by atoms with E-state index in [0.29, 0.717) is 12.2 Å². The van der Waals surface area contributed by atoms with E-state index in [9.17, 15) is 14.7 Å². The van der Waals surface area contributed by atoms with Gasteiger partial charge in [0.2, 0.25) is 5.91 Å². The number of carbonyl (C=O) groups is 2. The molecule has 2 aromatic heterocycles. The SMILES string of the molecule is CC(=O)N1CCC(c2ccc3nc(C(=O)NC[C@H](O)CN4CCc5ccccc5C4)cn3n2)CC1. The smallest absolute Gasteiger partial charge is 0.271 e. The van der Waals surface area contributed by atoms with E-state index in [-0.39, 0.29) is 30.0 Å². The van der Waals surface area contributed by atoms with Crippen molar-refractivity contribution in [2.75, 3.05) is 32.7 Å². The zero-order valence-corrected chi connectivity index (χ0v) is 20.1. The first-order valence-electron chi connectivity index (χ1n) is 12.3. The van der Waals surface area contributed by atoms with E-state index in [2.05, 4.69) is 38.5 Å². The number of amides is 2. The van der Waals surface area contributed by atoms with E-state index in [1.165, 1.54) is 11.1 Å². The highest BCUT2D eigenvalue weighted by molar-refractivity contribution is 5.92. The number of nitrogens with zero attached hydrogens (tertiary/aromatic N) is 5. The maximum Gasteiger partial charge on any atom is 0.271 e. The number of imidazole rings is 1. The van der Waals surface area contributed by atoms with Crippen LogP contribution in [-0.4, -0.2) is 80.1 Å². The first-order valence-corrected chi connectivity index (χ1v) is 12.3. The summed E-state index contributed by atoms with van der Waals surface area (Å²) in [6.45, 7) is 5.47. The molecule has 1 atom stereocenters. The summed E-state index contributed by atoms with van der Waals surface area (Å²) in [5.74, 6) is 0.0740. The standard InChI is InChI=1S/C26H32N6O3/c1-18(33)31-12-9-20(10-13-31)23-6-7-25-28-24(17-32(25)29-23)26(35)27-14-22(34)16-30-11-8-19-4-2-3-5-21(19)15-30/h2-7,17,20,22,34H,8-16H2,1H3,(H,27,35)/t22-/m0/s1. The van der Waals surface area contributed by atoms with Gasteiger partial charge in [-0.1, -0.05) is 24.3 Å². The van der Waals surface area contributed by atoms with Crippen molar-refractivity contribution in [3.8, 4) is 0 Å². The molecule has 2 N–H and O–H groups in total. The maximum atomic E-state index is 12.7. The van der Waals surface area contributed by atoms with Crippen LogP contribution in [0.3, 0.4) is 0 Å². The van der Waals surface area contributed by atoms with Crippen LogP contribution in [0.25, 0.3) is 5.65 Å². The van der Waals surface area contributed by atoms with Crippen molar-refractivity contribution in [3.63, 3.8) is 0 Å². The first kappa shape index (κ1) is 23.4. The predicted molar refractivity (Wildman–Crippen MR) is 131 cm³/mol. The van der Waals surface area contributed by atoms with Gasteiger partial charge in [-0.15, -0.1) is 0 Å². The molecule has 0 bridgehead atoms. The number of carbonyl (C=O) groups excluding carboxylic acids is 2. The summed E-state index contributed by atoms with van der Waals surface area (Å²) >= 11 is 0. The summed E-state index contributed by atoms with van der Waals surface area (Å²) in [7, 11) is 0. The second kappa shape index (κ2) is 10.1. The van der Waals surface area contributed by atoms with Crippen molar-refractivity contribution in [2.24, 2.45) is 0 Å². The van der Waals surface area contributed by atoms with Gasteiger partial charge in [-0.05, 0) is 42.5 Å². The Morgan fingerprint density at radius 2 is 1.89 bits per heavy atom. The molecule has 2 aliphatic heterocycles. The molecule has 0 unspecified atom stereocenters. The van der Waals surface area contributed by atoms with Crippen LogP contribution in [0.2, 0.25) is 0 Å². The van der Waals surface area contributed by atoms with Crippen LogP contribution < -0.4 is 5.32 Å². The summed E-state index contributed by atoms with van der Waals surface area (Å²) < 4.78 is 1.64. The number of benzene rings is 1. The molecule has 1 fully saturated rings. The van der Waals surface area contributed by atoms with Gasteiger partial charge < -0.3 is 15.3 Å². The number of hydrogen-bond acceptors (Lipinski definition) is 6. The van der Waals surface area contributed by atoms with Crippen molar-refractivity contribution in [3.05, 3.63) is 65.1 Å². The number of aliphatic hydroxyl groups excluding tert-OH is 1. The molecule has 1 aromatic carbocycles. The second-order valence-corrected chi connectivity index (χ2v) is 9.59. The lowest BCUT2D eigenvalue weighted by molar-refractivity contribution is -0.129. The van der Waals surface area contributed by atoms with Crippen molar-refractivity contribution in [2.45, 2.75) is 44.8 Å². The lowest BCUT2D eigenvalue weighted by atomic mass is 9.93. The first-order chi connectivity index (χ1) is 17.0. The molecule has 184 valence electrons. The van der Waals surface area contributed by atoms with Gasteiger partial charge in [-0.3, -0.25) is 14.5 Å². The number of piperidine rings is 1. The summed E-state index contributed by atoms with van der Waals surface area (Å²) in [6.07, 6.45) is 3.70. The van der Waals surface area contributed by atoms with Crippen molar-refractivity contribution in [1.29, 1.82) is 0 Å². The summed E-state index contributed by atoms with van der Waals surface area (Å²) in [5.41, 5.74) is 4.50. The number of fused-ring (bicyclic) bond motifs is 2. The van der Waals surface area contributed by atoms with Crippen LogP contribution in [0, 0.1) is 0 Å². The van der Waals surface area contributed by atoms with Crippen LogP contribution in [-0.2, 0) is 17.8 Å². The lowest BCUT2D eigenvalue weighted by Crippen LogP contribution is -2.42. The molecular formula is C26H32N6O3. The molecule has 9 nitrogen and oxygen atoms in total. The van der Waals surface area contributed by atoms with Gasteiger partial charge in [-0.2, -0.15) is 5.10 Å². The fourth-order valence-corrected chi connectivity index (χ4v) is 5.09. The topological polar surface area (TPSA) is 103 Å². The Balaban J connectivity index is 1.15. The summed E-state index contributed by atoms with van der Waals surface area (Å²) in [4.78, 5) is 32.7.